The molecule has 24 heavy (non-hydrogen) atoms. The van der Waals surface area contributed by atoms with E-state index in [1.54, 1.807) is 0 Å². The summed E-state index contributed by atoms with van der Waals surface area (Å²) in [4.78, 5) is 6.88. The van der Waals surface area contributed by atoms with Crippen LogP contribution >= 0.6 is 0 Å². The van der Waals surface area contributed by atoms with Gasteiger partial charge in [0.1, 0.15) is 18.4 Å². The Morgan fingerprint density at radius 2 is 1.79 bits per heavy atom. The van der Waals surface area contributed by atoms with E-state index in [9.17, 15) is 0 Å². The van der Waals surface area contributed by atoms with E-state index in [1.165, 1.54) is 4.90 Å². The summed E-state index contributed by atoms with van der Waals surface area (Å²) in [5.41, 5.74) is 3.14. The predicted molar refractivity (Wildman–Crippen MR) is 91.0 cm³/mol. The van der Waals surface area contributed by atoms with Gasteiger partial charge in [0.25, 0.3) is 0 Å². The Balaban J connectivity index is 0.00000208. The van der Waals surface area contributed by atoms with Gasteiger partial charge in [-0.1, -0.05) is 47.6 Å². The summed E-state index contributed by atoms with van der Waals surface area (Å²) in [6, 6.07) is 18.3. The van der Waals surface area contributed by atoms with Crippen LogP contribution in [0.5, 0.6) is 5.75 Å². The number of para-hydroxylation sites is 1. The Labute approximate surface area is 149 Å². The third kappa shape index (κ3) is 4.49. The van der Waals surface area contributed by atoms with Crippen LogP contribution in [0.25, 0.3) is 0 Å². The van der Waals surface area contributed by atoms with Crippen molar-refractivity contribution in [1.29, 1.82) is 0 Å². The maximum absolute atomic E-state index is 6.15. The van der Waals surface area contributed by atoms with Gasteiger partial charge in [0.05, 0.1) is 19.8 Å². The van der Waals surface area contributed by atoms with Crippen LogP contribution in [-0.4, -0.2) is 33.0 Å². The molecule has 1 aliphatic rings. The minimum atomic E-state index is -0.0204. The highest BCUT2D eigenvalue weighted by atomic mass is 35.5. The fourth-order valence-corrected chi connectivity index (χ4v) is 2.60. The first-order valence-electron chi connectivity index (χ1n) is 8.03. The molecule has 1 heterocycles. The topological polar surface area (TPSA) is 35.3 Å². The van der Waals surface area contributed by atoms with Gasteiger partial charge in [-0.15, -0.1) is 0 Å². The summed E-state index contributed by atoms with van der Waals surface area (Å²) in [6.07, 6.45) is 0.698. The summed E-state index contributed by atoms with van der Waals surface area (Å²) < 4.78 is 6.15. The van der Waals surface area contributed by atoms with Crippen molar-refractivity contribution in [3.05, 3.63) is 65.7 Å². The molecule has 0 spiro atoms. The standard InChI is InChI=1S/C19H22N2O2.ClH/c1-21(2)12-13-22-20-17-14-19(15-8-4-3-5-9-15)23-18-11-7-6-10-16(17)18;/h3-11,19H,12-14H2,1-2H3;1H/b20-17+;. The van der Waals surface area contributed by atoms with Gasteiger partial charge in [0.15, 0.2) is 6.61 Å². The van der Waals surface area contributed by atoms with Gasteiger partial charge in [-0.3, -0.25) is 0 Å². The third-order valence-electron chi connectivity index (χ3n) is 3.89. The molecule has 5 heteroatoms. The molecular formula is C19H23ClN2O2. The maximum Gasteiger partial charge on any atom is 0.165 e. The van der Waals surface area contributed by atoms with Gasteiger partial charge >= 0.3 is 0 Å². The van der Waals surface area contributed by atoms with Crippen molar-refractivity contribution in [2.24, 2.45) is 5.16 Å². The molecule has 1 atom stereocenters. The molecule has 1 aliphatic heterocycles. The number of fused-ring (bicyclic) bond motifs is 1. The second-order valence-corrected chi connectivity index (χ2v) is 6.05. The molecular weight excluding hydrogens is 324 g/mol. The second-order valence-electron chi connectivity index (χ2n) is 6.05. The first kappa shape index (κ1) is 18.3. The second kappa shape index (κ2) is 8.71. The number of benzene rings is 2. The van der Waals surface area contributed by atoms with Crippen LogP contribution in [0.1, 0.15) is 23.7 Å². The first-order valence-corrected chi connectivity index (χ1v) is 8.03. The smallest absolute Gasteiger partial charge is 0.165 e. The van der Waals surface area contributed by atoms with E-state index in [4.69, 9.17) is 9.57 Å². The average Bonchev–Trinajstić information content (AvgIpc) is 2.59. The average molecular weight is 347 g/mol. The van der Waals surface area contributed by atoms with Crippen LogP contribution < -0.4 is 22.0 Å². The summed E-state index contributed by atoms with van der Waals surface area (Å²) in [5.74, 6) is 0.869. The summed E-state index contributed by atoms with van der Waals surface area (Å²) in [6.45, 7) is 1.54. The monoisotopic (exact) mass is 346 g/mol. The molecule has 0 bridgehead atoms. The molecule has 0 fully saturated rings. The van der Waals surface area contributed by atoms with E-state index in [2.05, 4.69) is 31.4 Å². The predicted octanol–water partition coefficient (Wildman–Crippen LogP) is -0.920. The molecule has 1 unspecified atom stereocenters. The molecule has 1 N–H and O–H groups in total. The fraction of sp³-hybridized carbons (Fsp3) is 0.316. The largest absolute Gasteiger partial charge is 1.00 e. The Kier molecular flexibility index (Phi) is 6.64. The number of ether oxygens (including phenoxy) is 1. The number of hydrogen-bond acceptors (Lipinski definition) is 3. The lowest BCUT2D eigenvalue weighted by Crippen LogP contribution is -3.06. The van der Waals surface area contributed by atoms with Crippen molar-refractivity contribution in [2.45, 2.75) is 12.5 Å². The molecule has 0 amide bonds. The van der Waals surface area contributed by atoms with Crippen LogP contribution in [0.3, 0.4) is 0 Å². The molecule has 2 aromatic carbocycles. The van der Waals surface area contributed by atoms with E-state index in [0.717, 1.165) is 35.6 Å². The van der Waals surface area contributed by atoms with Gasteiger partial charge in [-0.25, -0.2) is 0 Å². The van der Waals surface area contributed by atoms with E-state index in [-0.39, 0.29) is 18.5 Å². The third-order valence-corrected chi connectivity index (χ3v) is 3.89. The van der Waals surface area contributed by atoms with Crippen LogP contribution in [0, 0.1) is 0 Å². The number of nitrogens with zero attached hydrogens (tertiary/aromatic N) is 1. The molecule has 0 saturated heterocycles. The number of oxime groups is 1. The summed E-state index contributed by atoms with van der Waals surface area (Å²) >= 11 is 0. The molecule has 3 rings (SSSR count). The summed E-state index contributed by atoms with van der Waals surface area (Å²) in [5, 5.41) is 4.40. The first-order chi connectivity index (χ1) is 11.2. The number of likely N-dealkylation sites (N-methyl/N-ethyl adjacent to an activating group) is 1. The van der Waals surface area contributed by atoms with Crippen LogP contribution in [0.4, 0.5) is 0 Å². The Hall–Kier alpha value is -2.04. The zero-order chi connectivity index (χ0) is 16.1. The Morgan fingerprint density at radius 1 is 1.08 bits per heavy atom. The zero-order valence-corrected chi connectivity index (χ0v) is 14.8. The van der Waals surface area contributed by atoms with Crippen molar-refractivity contribution < 1.29 is 26.9 Å². The lowest BCUT2D eigenvalue weighted by atomic mass is 9.96. The van der Waals surface area contributed by atoms with Crippen molar-refractivity contribution in [1.82, 2.24) is 0 Å². The van der Waals surface area contributed by atoms with Gasteiger partial charge in [0.2, 0.25) is 0 Å². The SMILES string of the molecule is C[NH+](C)CCO/N=C1\CC(c2ccccc2)Oc2ccccc21.[Cl-]. The Bertz CT molecular complexity index is 674. The van der Waals surface area contributed by atoms with Crippen LogP contribution in [-0.2, 0) is 4.84 Å². The number of nitrogens with one attached hydrogen (secondary N) is 1. The van der Waals surface area contributed by atoms with E-state index >= 15 is 0 Å². The van der Waals surface area contributed by atoms with Gasteiger partial charge < -0.3 is 26.9 Å². The van der Waals surface area contributed by atoms with Crippen molar-refractivity contribution in [3.63, 3.8) is 0 Å². The summed E-state index contributed by atoms with van der Waals surface area (Å²) in [7, 11) is 4.21. The molecule has 2 aromatic rings. The lowest BCUT2D eigenvalue weighted by molar-refractivity contribution is -0.858. The van der Waals surface area contributed by atoms with Gasteiger partial charge in [-0.2, -0.15) is 0 Å². The number of quaternary nitrogens is 1. The molecule has 0 radical (unpaired) electrons. The van der Waals surface area contributed by atoms with Crippen LogP contribution in [0.15, 0.2) is 59.8 Å². The maximum atomic E-state index is 6.15. The minimum absolute atomic E-state index is 0. The number of hydrogen-bond donors (Lipinski definition) is 1. The zero-order valence-electron chi connectivity index (χ0n) is 14.0. The highest BCUT2D eigenvalue weighted by Crippen LogP contribution is 2.35. The number of rotatable bonds is 5. The van der Waals surface area contributed by atoms with Crippen molar-refractivity contribution in [3.8, 4) is 5.75 Å². The highest BCUT2D eigenvalue weighted by molar-refractivity contribution is 6.03. The molecule has 0 aromatic heterocycles. The van der Waals surface area contributed by atoms with E-state index < -0.39 is 0 Å². The quantitative estimate of drug-likeness (QED) is 0.561. The minimum Gasteiger partial charge on any atom is -1.00 e. The van der Waals surface area contributed by atoms with Gasteiger partial charge in [0, 0.05) is 12.0 Å². The van der Waals surface area contributed by atoms with Crippen LogP contribution in [0.2, 0.25) is 0 Å². The van der Waals surface area contributed by atoms with E-state index in [1.807, 2.05) is 42.5 Å². The van der Waals surface area contributed by atoms with E-state index in [0.29, 0.717) is 6.61 Å². The lowest BCUT2D eigenvalue weighted by Gasteiger charge is -2.27. The number of halogens is 1. The van der Waals surface area contributed by atoms with Crippen molar-refractivity contribution >= 4 is 5.71 Å². The molecule has 4 nitrogen and oxygen atoms in total. The van der Waals surface area contributed by atoms with Gasteiger partial charge in [-0.05, 0) is 17.7 Å². The normalized spacial score (nSPS) is 17.8. The Morgan fingerprint density at radius 3 is 2.54 bits per heavy atom. The molecule has 0 aliphatic carbocycles. The molecule has 128 valence electrons. The fourth-order valence-electron chi connectivity index (χ4n) is 2.60. The highest BCUT2D eigenvalue weighted by Gasteiger charge is 2.26. The molecule has 0 saturated carbocycles. The van der Waals surface area contributed by atoms with Crippen molar-refractivity contribution in [2.75, 3.05) is 27.2 Å².